The minimum Gasteiger partial charge on any atom is -0.481 e. The summed E-state index contributed by atoms with van der Waals surface area (Å²) in [5, 5.41) is 0.661. The lowest BCUT2D eigenvalue weighted by atomic mass is 10.2. The van der Waals surface area contributed by atoms with Gasteiger partial charge in [-0.05, 0) is 44.0 Å². The summed E-state index contributed by atoms with van der Waals surface area (Å²) in [6.07, 6.45) is 0.350. The molecule has 104 valence electrons. The molecule has 0 aromatic heterocycles. The van der Waals surface area contributed by atoms with Gasteiger partial charge >= 0.3 is 0 Å². The summed E-state index contributed by atoms with van der Waals surface area (Å²) in [5.41, 5.74) is 6.73. The second-order valence-electron chi connectivity index (χ2n) is 5.00. The average Bonchev–Trinajstić information content (AvgIpc) is 2.78. The standard InChI is InChI=1S/C14H19ClN2O2/c1-9-7-11(15)3-4-13(9)19-10(2)14(18)17-6-5-12(16)8-17/h3-4,7,10,12H,5-6,8,16H2,1-2H3/t10-,12+/m0/s1. The predicted molar refractivity (Wildman–Crippen MR) is 75.5 cm³/mol. The first-order chi connectivity index (χ1) is 8.97. The molecule has 1 heterocycles. The highest BCUT2D eigenvalue weighted by molar-refractivity contribution is 6.30. The van der Waals surface area contributed by atoms with Crippen molar-refractivity contribution in [3.63, 3.8) is 0 Å². The maximum absolute atomic E-state index is 12.2. The van der Waals surface area contributed by atoms with Gasteiger partial charge in [-0.15, -0.1) is 0 Å². The number of hydrogen-bond acceptors (Lipinski definition) is 3. The van der Waals surface area contributed by atoms with Crippen molar-refractivity contribution in [2.45, 2.75) is 32.4 Å². The number of likely N-dealkylation sites (tertiary alicyclic amines) is 1. The molecule has 0 aliphatic carbocycles. The van der Waals surface area contributed by atoms with Crippen LogP contribution in [0.1, 0.15) is 18.9 Å². The van der Waals surface area contributed by atoms with E-state index in [2.05, 4.69) is 0 Å². The van der Waals surface area contributed by atoms with Crippen molar-refractivity contribution in [2.75, 3.05) is 13.1 Å². The average molecular weight is 283 g/mol. The van der Waals surface area contributed by atoms with Gasteiger partial charge in [0.1, 0.15) is 5.75 Å². The highest BCUT2D eigenvalue weighted by Crippen LogP contribution is 2.23. The van der Waals surface area contributed by atoms with E-state index >= 15 is 0 Å². The number of nitrogens with two attached hydrogens (primary N) is 1. The van der Waals surface area contributed by atoms with E-state index in [1.54, 1.807) is 24.0 Å². The van der Waals surface area contributed by atoms with Gasteiger partial charge in [0.05, 0.1) is 0 Å². The van der Waals surface area contributed by atoms with Crippen LogP contribution >= 0.6 is 11.6 Å². The van der Waals surface area contributed by atoms with E-state index in [9.17, 15) is 4.79 Å². The second-order valence-corrected chi connectivity index (χ2v) is 5.44. The van der Waals surface area contributed by atoms with Crippen LogP contribution in [0.25, 0.3) is 0 Å². The first kappa shape index (κ1) is 14.2. The summed E-state index contributed by atoms with van der Waals surface area (Å²) in [6.45, 7) is 5.00. The molecule has 4 nitrogen and oxygen atoms in total. The molecule has 1 aliphatic heterocycles. The summed E-state index contributed by atoms with van der Waals surface area (Å²) in [7, 11) is 0. The Morgan fingerprint density at radius 1 is 1.58 bits per heavy atom. The summed E-state index contributed by atoms with van der Waals surface area (Å²) in [5.74, 6) is 0.677. The normalized spacial score (nSPS) is 20.4. The molecular formula is C14H19ClN2O2. The molecule has 2 atom stereocenters. The molecule has 1 fully saturated rings. The molecule has 19 heavy (non-hydrogen) atoms. The Morgan fingerprint density at radius 2 is 2.32 bits per heavy atom. The Bertz CT molecular complexity index is 479. The van der Waals surface area contributed by atoms with E-state index in [0.717, 1.165) is 12.0 Å². The summed E-state index contributed by atoms with van der Waals surface area (Å²) < 4.78 is 5.72. The van der Waals surface area contributed by atoms with Crippen molar-refractivity contribution in [2.24, 2.45) is 5.73 Å². The third-order valence-electron chi connectivity index (χ3n) is 3.32. The number of benzene rings is 1. The van der Waals surface area contributed by atoms with E-state index in [0.29, 0.717) is 23.9 Å². The van der Waals surface area contributed by atoms with Crippen molar-refractivity contribution in [1.82, 2.24) is 4.90 Å². The van der Waals surface area contributed by atoms with E-state index in [1.165, 1.54) is 0 Å². The van der Waals surface area contributed by atoms with Gasteiger partial charge in [0.2, 0.25) is 0 Å². The third-order valence-corrected chi connectivity index (χ3v) is 3.56. The number of carbonyl (C=O) groups is 1. The van der Waals surface area contributed by atoms with Crippen LogP contribution in [0.3, 0.4) is 0 Å². The van der Waals surface area contributed by atoms with Crippen LogP contribution in [-0.2, 0) is 4.79 Å². The van der Waals surface area contributed by atoms with Gasteiger partial charge in [0, 0.05) is 24.2 Å². The molecule has 0 unspecified atom stereocenters. The van der Waals surface area contributed by atoms with Gasteiger partial charge in [0.15, 0.2) is 6.10 Å². The number of carbonyl (C=O) groups excluding carboxylic acids is 1. The van der Waals surface area contributed by atoms with Gasteiger partial charge in [0.25, 0.3) is 5.91 Å². The van der Waals surface area contributed by atoms with Gasteiger partial charge in [-0.25, -0.2) is 0 Å². The summed E-state index contributed by atoms with van der Waals surface area (Å²) >= 11 is 5.89. The van der Waals surface area contributed by atoms with Crippen LogP contribution in [0.15, 0.2) is 18.2 Å². The van der Waals surface area contributed by atoms with Crippen molar-refractivity contribution in [3.8, 4) is 5.75 Å². The maximum atomic E-state index is 12.2. The topological polar surface area (TPSA) is 55.6 Å². The lowest BCUT2D eigenvalue weighted by Gasteiger charge is -2.22. The van der Waals surface area contributed by atoms with E-state index in [4.69, 9.17) is 22.1 Å². The molecule has 1 aromatic carbocycles. The molecule has 0 saturated carbocycles. The molecule has 0 radical (unpaired) electrons. The zero-order valence-corrected chi connectivity index (χ0v) is 12.0. The monoisotopic (exact) mass is 282 g/mol. The minimum atomic E-state index is -0.509. The fourth-order valence-corrected chi connectivity index (χ4v) is 2.46. The van der Waals surface area contributed by atoms with Crippen LogP contribution < -0.4 is 10.5 Å². The fraction of sp³-hybridized carbons (Fsp3) is 0.500. The van der Waals surface area contributed by atoms with Crippen LogP contribution in [-0.4, -0.2) is 36.0 Å². The molecule has 5 heteroatoms. The largest absolute Gasteiger partial charge is 0.481 e. The first-order valence-electron chi connectivity index (χ1n) is 6.44. The lowest BCUT2D eigenvalue weighted by molar-refractivity contribution is -0.136. The Hall–Kier alpha value is -1.26. The number of nitrogens with zero attached hydrogens (tertiary/aromatic N) is 1. The Morgan fingerprint density at radius 3 is 2.89 bits per heavy atom. The maximum Gasteiger partial charge on any atom is 0.263 e. The molecule has 2 N–H and O–H groups in total. The number of hydrogen-bond donors (Lipinski definition) is 1. The molecule has 0 spiro atoms. The van der Waals surface area contributed by atoms with Crippen LogP contribution in [0.5, 0.6) is 5.75 Å². The highest BCUT2D eigenvalue weighted by atomic mass is 35.5. The number of ether oxygens (including phenoxy) is 1. The van der Waals surface area contributed by atoms with Crippen molar-refractivity contribution in [1.29, 1.82) is 0 Å². The molecular weight excluding hydrogens is 264 g/mol. The third kappa shape index (κ3) is 3.39. The molecule has 1 saturated heterocycles. The predicted octanol–water partition coefficient (Wildman–Crippen LogP) is 1.98. The van der Waals surface area contributed by atoms with Crippen LogP contribution in [0, 0.1) is 6.92 Å². The quantitative estimate of drug-likeness (QED) is 0.922. The minimum absolute atomic E-state index is 0.0118. The van der Waals surface area contributed by atoms with Gasteiger partial charge in [-0.2, -0.15) is 0 Å². The Labute approximate surface area is 118 Å². The number of amides is 1. The van der Waals surface area contributed by atoms with E-state index < -0.39 is 6.10 Å². The zero-order chi connectivity index (χ0) is 14.0. The number of aryl methyl sites for hydroxylation is 1. The van der Waals surface area contributed by atoms with Crippen LogP contribution in [0.2, 0.25) is 5.02 Å². The van der Waals surface area contributed by atoms with Gasteiger partial charge in [-0.3, -0.25) is 4.79 Å². The summed E-state index contributed by atoms with van der Waals surface area (Å²) in [4.78, 5) is 14.0. The molecule has 2 rings (SSSR count). The van der Waals surface area contributed by atoms with Crippen molar-refractivity contribution < 1.29 is 9.53 Å². The first-order valence-corrected chi connectivity index (χ1v) is 6.82. The molecule has 1 amide bonds. The van der Waals surface area contributed by atoms with E-state index in [1.807, 2.05) is 13.0 Å². The number of rotatable bonds is 3. The highest BCUT2D eigenvalue weighted by Gasteiger charge is 2.28. The van der Waals surface area contributed by atoms with Gasteiger partial charge in [-0.1, -0.05) is 11.6 Å². The summed E-state index contributed by atoms with van der Waals surface area (Å²) in [6, 6.07) is 5.46. The fourth-order valence-electron chi connectivity index (χ4n) is 2.23. The van der Waals surface area contributed by atoms with E-state index in [-0.39, 0.29) is 11.9 Å². The van der Waals surface area contributed by atoms with Gasteiger partial charge < -0.3 is 15.4 Å². The Balaban J connectivity index is 2.00. The lowest BCUT2D eigenvalue weighted by Crippen LogP contribution is -2.40. The number of halogens is 1. The Kier molecular flexibility index (Phi) is 4.32. The smallest absolute Gasteiger partial charge is 0.263 e. The molecule has 0 bridgehead atoms. The van der Waals surface area contributed by atoms with Crippen molar-refractivity contribution >= 4 is 17.5 Å². The molecule has 1 aliphatic rings. The van der Waals surface area contributed by atoms with Crippen molar-refractivity contribution in [3.05, 3.63) is 28.8 Å². The molecule has 1 aromatic rings. The second kappa shape index (κ2) is 5.80. The SMILES string of the molecule is Cc1cc(Cl)ccc1O[C@@H](C)C(=O)N1CC[C@@H](N)C1. The zero-order valence-electron chi connectivity index (χ0n) is 11.2. The van der Waals surface area contributed by atoms with Crippen LogP contribution in [0.4, 0.5) is 0 Å².